The van der Waals surface area contributed by atoms with Crippen molar-refractivity contribution in [3.63, 3.8) is 0 Å². The van der Waals surface area contributed by atoms with E-state index in [1.165, 1.54) is 16.7 Å². The van der Waals surface area contributed by atoms with Crippen LogP contribution in [0.1, 0.15) is 23.1 Å². The lowest BCUT2D eigenvalue weighted by Gasteiger charge is -2.22. The molecule has 0 amide bonds. The summed E-state index contributed by atoms with van der Waals surface area (Å²) in [4.78, 5) is 6.82. The standard InChI is InChI=1S/C25H35N3O3/c1-26-25(28-13-12-22(17-28)19-30-15-14-29-2)27-16-23-10-6-7-11-24(23)20-31-18-21-8-4-3-5-9-21/h3-11,22H,12-20H2,1-2H3,(H,26,27). The molecule has 0 aromatic heterocycles. The van der Waals surface area contributed by atoms with E-state index in [-0.39, 0.29) is 0 Å². The lowest BCUT2D eigenvalue weighted by Crippen LogP contribution is -2.40. The maximum absolute atomic E-state index is 5.96. The molecule has 6 heteroatoms. The van der Waals surface area contributed by atoms with E-state index in [9.17, 15) is 0 Å². The number of guanidine groups is 1. The van der Waals surface area contributed by atoms with E-state index in [0.717, 1.165) is 38.6 Å². The van der Waals surface area contributed by atoms with Gasteiger partial charge in [-0.2, -0.15) is 0 Å². The summed E-state index contributed by atoms with van der Waals surface area (Å²) in [6, 6.07) is 18.7. The van der Waals surface area contributed by atoms with Crippen molar-refractivity contribution in [1.82, 2.24) is 10.2 Å². The molecular formula is C25H35N3O3. The van der Waals surface area contributed by atoms with Crippen molar-refractivity contribution in [3.8, 4) is 0 Å². The van der Waals surface area contributed by atoms with Gasteiger partial charge in [0.2, 0.25) is 0 Å². The van der Waals surface area contributed by atoms with Gasteiger partial charge in [-0.3, -0.25) is 4.99 Å². The van der Waals surface area contributed by atoms with E-state index in [0.29, 0.717) is 32.3 Å². The van der Waals surface area contributed by atoms with Gasteiger partial charge >= 0.3 is 0 Å². The summed E-state index contributed by atoms with van der Waals surface area (Å²) in [6.45, 7) is 5.98. The highest BCUT2D eigenvalue weighted by Crippen LogP contribution is 2.17. The average molecular weight is 426 g/mol. The van der Waals surface area contributed by atoms with Crippen molar-refractivity contribution in [3.05, 3.63) is 71.3 Å². The fourth-order valence-corrected chi connectivity index (χ4v) is 3.78. The van der Waals surface area contributed by atoms with E-state index in [1.54, 1.807) is 7.11 Å². The van der Waals surface area contributed by atoms with Crippen LogP contribution in [-0.4, -0.2) is 57.9 Å². The fourth-order valence-electron chi connectivity index (χ4n) is 3.78. The first-order valence-corrected chi connectivity index (χ1v) is 11.0. The summed E-state index contributed by atoms with van der Waals surface area (Å²) in [5, 5.41) is 3.53. The van der Waals surface area contributed by atoms with Crippen molar-refractivity contribution in [2.24, 2.45) is 10.9 Å². The lowest BCUT2D eigenvalue weighted by atomic mass is 10.1. The largest absolute Gasteiger partial charge is 0.382 e. The minimum Gasteiger partial charge on any atom is -0.382 e. The van der Waals surface area contributed by atoms with Crippen LogP contribution in [0.3, 0.4) is 0 Å². The molecule has 1 aliphatic heterocycles. The molecule has 1 N–H and O–H groups in total. The minimum atomic E-state index is 0.536. The second kappa shape index (κ2) is 13.1. The molecule has 31 heavy (non-hydrogen) atoms. The van der Waals surface area contributed by atoms with Crippen LogP contribution in [0.2, 0.25) is 0 Å². The quantitative estimate of drug-likeness (QED) is 0.339. The summed E-state index contributed by atoms with van der Waals surface area (Å²) in [5.41, 5.74) is 3.62. The van der Waals surface area contributed by atoms with Crippen LogP contribution < -0.4 is 5.32 Å². The third-order valence-corrected chi connectivity index (χ3v) is 5.51. The molecule has 0 saturated carbocycles. The number of hydrogen-bond acceptors (Lipinski definition) is 4. The van der Waals surface area contributed by atoms with Crippen molar-refractivity contribution in [2.45, 2.75) is 26.2 Å². The number of likely N-dealkylation sites (tertiary alicyclic amines) is 1. The number of nitrogens with zero attached hydrogens (tertiary/aromatic N) is 2. The zero-order valence-electron chi connectivity index (χ0n) is 18.8. The predicted octanol–water partition coefficient (Wildman–Crippen LogP) is 3.46. The number of hydrogen-bond donors (Lipinski definition) is 1. The monoisotopic (exact) mass is 425 g/mol. The molecule has 0 spiro atoms. The molecule has 1 saturated heterocycles. The second-order valence-electron chi connectivity index (χ2n) is 7.82. The Balaban J connectivity index is 1.46. The van der Waals surface area contributed by atoms with E-state index in [4.69, 9.17) is 14.2 Å². The minimum absolute atomic E-state index is 0.536. The molecule has 1 unspecified atom stereocenters. The molecule has 2 aromatic rings. The maximum atomic E-state index is 5.96. The van der Waals surface area contributed by atoms with Crippen LogP contribution in [-0.2, 0) is 34.0 Å². The third kappa shape index (κ3) is 7.65. The van der Waals surface area contributed by atoms with Crippen LogP contribution in [0.15, 0.2) is 59.6 Å². The van der Waals surface area contributed by atoms with Crippen molar-refractivity contribution >= 4 is 5.96 Å². The van der Waals surface area contributed by atoms with Gasteiger partial charge in [-0.05, 0) is 23.1 Å². The number of methoxy groups -OCH3 is 1. The Bertz CT molecular complexity index is 798. The Morgan fingerprint density at radius 2 is 1.77 bits per heavy atom. The van der Waals surface area contributed by atoms with E-state index in [2.05, 4.69) is 51.6 Å². The molecule has 6 nitrogen and oxygen atoms in total. The summed E-state index contributed by atoms with van der Waals surface area (Å²) in [6.07, 6.45) is 1.12. The van der Waals surface area contributed by atoms with Gasteiger partial charge in [-0.15, -0.1) is 0 Å². The first kappa shape index (κ1) is 23.3. The highest BCUT2D eigenvalue weighted by molar-refractivity contribution is 5.80. The maximum Gasteiger partial charge on any atom is 0.193 e. The van der Waals surface area contributed by atoms with Crippen molar-refractivity contribution < 1.29 is 14.2 Å². The molecule has 168 valence electrons. The van der Waals surface area contributed by atoms with E-state index in [1.807, 2.05) is 25.2 Å². The zero-order chi connectivity index (χ0) is 21.7. The second-order valence-corrected chi connectivity index (χ2v) is 7.82. The van der Waals surface area contributed by atoms with Gasteiger partial charge in [-0.25, -0.2) is 0 Å². The summed E-state index contributed by atoms with van der Waals surface area (Å²) >= 11 is 0. The predicted molar refractivity (Wildman–Crippen MR) is 124 cm³/mol. The van der Waals surface area contributed by atoms with Crippen molar-refractivity contribution in [2.75, 3.05) is 47.1 Å². The van der Waals surface area contributed by atoms with Crippen LogP contribution in [0.5, 0.6) is 0 Å². The third-order valence-electron chi connectivity index (χ3n) is 5.51. The Morgan fingerprint density at radius 1 is 1.00 bits per heavy atom. The zero-order valence-corrected chi connectivity index (χ0v) is 18.8. The van der Waals surface area contributed by atoms with Crippen molar-refractivity contribution in [1.29, 1.82) is 0 Å². The lowest BCUT2D eigenvalue weighted by molar-refractivity contribution is 0.0536. The fraction of sp³-hybridized carbons (Fsp3) is 0.480. The normalized spacial score (nSPS) is 16.6. The molecule has 1 atom stereocenters. The Labute approximate surface area is 186 Å². The molecule has 0 aliphatic carbocycles. The Morgan fingerprint density at radius 3 is 2.55 bits per heavy atom. The summed E-state index contributed by atoms with van der Waals surface area (Å²) in [7, 11) is 3.55. The molecule has 1 aliphatic rings. The number of rotatable bonds is 11. The Kier molecular flexibility index (Phi) is 9.83. The van der Waals surface area contributed by atoms with Crippen LogP contribution in [0.25, 0.3) is 0 Å². The first-order chi connectivity index (χ1) is 15.3. The number of ether oxygens (including phenoxy) is 3. The number of nitrogens with one attached hydrogen (secondary N) is 1. The molecular weight excluding hydrogens is 390 g/mol. The Hall–Kier alpha value is -2.41. The van der Waals surface area contributed by atoms with Gasteiger partial charge < -0.3 is 24.4 Å². The SMILES string of the molecule is CN=C(NCc1ccccc1COCc1ccccc1)N1CCC(COCCOC)C1. The summed E-state index contributed by atoms with van der Waals surface area (Å²) < 4.78 is 16.7. The molecule has 0 radical (unpaired) electrons. The van der Waals surface area contributed by atoms with Gasteiger partial charge in [0.05, 0.1) is 33.0 Å². The highest BCUT2D eigenvalue weighted by Gasteiger charge is 2.25. The van der Waals surface area contributed by atoms with Crippen LogP contribution in [0, 0.1) is 5.92 Å². The first-order valence-electron chi connectivity index (χ1n) is 11.0. The highest BCUT2D eigenvalue weighted by atomic mass is 16.5. The van der Waals surface area contributed by atoms with E-state index < -0.39 is 0 Å². The van der Waals surface area contributed by atoms with Gasteiger partial charge in [0.15, 0.2) is 5.96 Å². The van der Waals surface area contributed by atoms with Crippen LogP contribution >= 0.6 is 0 Å². The molecule has 1 heterocycles. The van der Waals surface area contributed by atoms with Gasteiger partial charge in [0.1, 0.15) is 0 Å². The summed E-state index contributed by atoms with van der Waals surface area (Å²) in [5.74, 6) is 1.48. The molecule has 2 aromatic carbocycles. The van der Waals surface area contributed by atoms with Gasteiger partial charge in [0, 0.05) is 39.7 Å². The van der Waals surface area contributed by atoms with Gasteiger partial charge in [-0.1, -0.05) is 54.6 Å². The molecule has 3 rings (SSSR count). The van der Waals surface area contributed by atoms with Crippen LogP contribution in [0.4, 0.5) is 0 Å². The number of benzene rings is 2. The topological polar surface area (TPSA) is 55.3 Å². The molecule has 1 fully saturated rings. The van der Waals surface area contributed by atoms with E-state index >= 15 is 0 Å². The average Bonchev–Trinajstić information content (AvgIpc) is 3.27. The van der Waals surface area contributed by atoms with Gasteiger partial charge in [0.25, 0.3) is 0 Å². The molecule has 0 bridgehead atoms. The smallest absolute Gasteiger partial charge is 0.193 e. The number of aliphatic imine (C=N–C) groups is 1.